The molecule has 4 atom stereocenters. The van der Waals surface area contributed by atoms with Crippen LogP contribution in [-0.2, 0) is 24.4 Å². The normalized spacial score (nSPS) is 20.5. The van der Waals surface area contributed by atoms with Crippen molar-refractivity contribution in [2.75, 3.05) is 6.61 Å². The van der Waals surface area contributed by atoms with Gasteiger partial charge in [0.1, 0.15) is 29.8 Å². The van der Waals surface area contributed by atoms with Crippen molar-refractivity contribution >= 4 is 25.0 Å². The second-order valence-electron chi connectivity index (χ2n) is 19.4. The summed E-state index contributed by atoms with van der Waals surface area (Å²) in [6.07, 6.45) is -0.564. The fourth-order valence-electron chi connectivity index (χ4n) is 5.40. The molecule has 0 amide bonds. The molecule has 2 aromatic carbocycles. The summed E-state index contributed by atoms with van der Waals surface area (Å²) in [7, 11) is -7.02. The summed E-state index contributed by atoms with van der Waals surface area (Å²) in [6.45, 7) is 35.6. The number of nitrogens with zero attached hydrogens (tertiary/aromatic N) is 1. The molecule has 0 bridgehead atoms. The van der Waals surface area contributed by atoms with Crippen molar-refractivity contribution in [2.45, 2.75) is 155 Å². The maximum Gasteiger partial charge on any atom is 0.330 e. The van der Waals surface area contributed by atoms with E-state index in [1.54, 1.807) is 6.20 Å². The molecule has 0 saturated carbocycles. The standard InChI is InChI=1S/C41H66N2O7Si3/c1-28-20-22-31(23-21-28)47-32-19-17-18-29(25-32)24-30-26-43(38(45)42-36(30)44)37-35(50-53(15,16)41(8,9)10)34(49-52(13,14)40(5,6)7)33(48-37)27-46-51(11,12)39(2,3)4/h17-23,25-26,33-35,37H,24,27H2,1-16H3,(H,42,44,45)/t33-,34-,35-,37-/m1/s1. The minimum Gasteiger partial charge on any atom is -0.457 e. The van der Waals surface area contributed by atoms with Gasteiger partial charge >= 0.3 is 5.69 Å². The molecular formula is C41H66N2O7Si3. The lowest BCUT2D eigenvalue weighted by Crippen LogP contribution is -2.55. The summed E-state index contributed by atoms with van der Waals surface area (Å²) in [4.78, 5) is 29.8. The summed E-state index contributed by atoms with van der Waals surface area (Å²) >= 11 is 0. The van der Waals surface area contributed by atoms with Gasteiger partial charge < -0.3 is 22.8 Å². The predicted molar refractivity (Wildman–Crippen MR) is 223 cm³/mol. The molecule has 4 rings (SSSR count). The van der Waals surface area contributed by atoms with Crippen LogP contribution in [0.2, 0.25) is 54.4 Å². The zero-order valence-corrected chi connectivity index (χ0v) is 38.2. The molecule has 12 heteroatoms. The number of ether oxygens (including phenoxy) is 2. The third kappa shape index (κ3) is 10.2. The summed E-state index contributed by atoms with van der Waals surface area (Å²) in [5.74, 6) is 1.39. The van der Waals surface area contributed by atoms with Gasteiger partial charge in [-0.2, -0.15) is 0 Å². The first-order valence-corrected chi connectivity index (χ1v) is 27.7. The van der Waals surface area contributed by atoms with Crippen LogP contribution < -0.4 is 16.0 Å². The molecule has 1 saturated heterocycles. The lowest BCUT2D eigenvalue weighted by atomic mass is 10.1. The predicted octanol–water partition coefficient (Wildman–Crippen LogP) is 9.93. The smallest absolute Gasteiger partial charge is 0.330 e. The van der Waals surface area contributed by atoms with E-state index in [1.807, 2.05) is 55.5 Å². The van der Waals surface area contributed by atoms with Crippen molar-refractivity contribution in [3.05, 3.63) is 92.3 Å². The lowest BCUT2D eigenvalue weighted by Gasteiger charge is -2.44. The van der Waals surface area contributed by atoms with Crippen LogP contribution in [0.15, 0.2) is 64.3 Å². The molecule has 0 unspecified atom stereocenters. The fourth-order valence-corrected chi connectivity index (χ4v) is 9.02. The largest absolute Gasteiger partial charge is 0.457 e. The first-order chi connectivity index (χ1) is 24.1. The fraction of sp³-hybridized carbons (Fsp3) is 0.610. The van der Waals surface area contributed by atoms with Crippen LogP contribution >= 0.6 is 0 Å². The Morgan fingerprint density at radius 1 is 0.736 bits per heavy atom. The minimum atomic E-state index is -2.45. The summed E-state index contributed by atoms with van der Waals surface area (Å²) in [6, 6.07) is 15.5. The number of rotatable bonds is 12. The molecule has 0 spiro atoms. The van der Waals surface area contributed by atoms with Crippen molar-refractivity contribution in [1.29, 1.82) is 0 Å². The van der Waals surface area contributed by atoms with Crippen molar-refractivity contribution in [2.24, 2.45) is 0 Å². The number of aromatic nitrogens is 2. The zero-order valence-electron chi connectivity index (χ0n) is 35.2. The Kier molecular flexibility index (Phi) is 12.6. The van der Waals surface area contributed by atoms with Crippen molar-refractivity contribution in [1.82, 2.24) is 9.55 Å². The van der Waals surface area contributed by atoms with Crippen molar-refractivity contribution in [3.63, 3.8) is 0 Å². The van der Waals surface area contributed by atoms with Crippen LogP contribution in [0.1, 0.15) is 85.2 Å². The average molecular weight is 783 g/mol. The van der Waals surface area contributed by atoms with Gasteiger partial charge in [-0.25, -0.2) is 4.79 Å². The quantitative estimate of drug-likeness (QED) is 0.183. The highest BCUT2D eigenvalue weighted by atomic mass is 28.4. The molecule has 9 nitrogen and oxygen atoms in total. The number of hydrogen-bond acceptors (Lipinski definition) is 7. The molecule has 294 valence electrons. The van der Waals surface area contributed by atoms with Gasteiger partial charge in [0.25, 0.3) is 5.56 Å². The highest BCUT2D eigenvalue weighted by Crippen LogP contribution is 2.46. The van der Waals surface area contributed by atoms with Gasteiger partial charge in [-0.15, -0.1) is 0 Å². The van der Waals surface area contributed by atoms with E-state index in [0.717, 1.165) is 16.9 Å². The first-order valence-electron chi connectivity index (χ1n) is 18.9. The van der Waals surface area contributed by atoms with E-state index in [4.69, 9.17) is 22.8 Å². The van der Waals surface area contributed by atoms with E-state index < -0.39 is 60.7 Å². The molecule has 0 radical (unpaired) electrons. The molecule has 53 heavy (non-hydrogen) atoms. The molecule has 1 aromatic heterocycles. The Hall–Kier alpha value is -2.59. The van der Waals surface area contributed by atoms with E-state index in [-0.39, 0.29) is 21.5 Å². The van der Waals surface area contributed by atoms with Crippen LogP contribution in [0, 0.1) is 6.92 Å². The van der Waals surface area contributed by atoms with Crippen LogP contribution in [0.25, 0.3) is 0 Å². The van der Waals surface area contributed by atoms with E-state index in [0.29, 0.717) is 17.9 Å². The molecule has 0 aliphatic carbocycles. The van der Waals surface area contributed by atoms with E-state index in [1.165, 1.54) is 4.57 Å². The second kappa shape index (κ2) is 15.5. The van der Waals surface area contributed by atoms with Crippen LogP contribution in [0.3, 0.4) is 0 Å². The molecular weight excluding hydrogens is 717 g/mol. The van der Waals surface area contributed by atoms with Gasteiger partial charge in [-0.05, 0) is 91.1 Å². The lowest BCUT2D eigenvalue weighted by molar-refractivity contribution is -0.0511. The maximum atomic E-state index is 13.8. The molecule has 3 aromatic rings. The van der Waals surface area contributed by atoms with Crippen LogP contribution in [-0.4, -0.2) is 59.4 Å². The second-order valence-corrected chi connectivity index (χ2v) is 33.7. The maximum absolute atomic E-state index is 13.8. The molecule has 1 aliphatic rings. The summed E-state index contributed by atoms with van der Waals surface area (Å²) in [5.41, 5.74) is 1.45. The van der Waals surface area contributed by atoms with Crippen LogP contribution in [0.4, 0.5) is 0 Å². The Morgan fingerprint density at radius 2 is 1.28 bits per heavy atom. The first kappa shape index (κ1) is 43.1. The molecule has 2 heterocycles. The summed E-state index contributed by atoms with van der Waals surface area (Å²) in [5, 5.41) is -0.218. The average Bonchev–Trinajstić information content (AvgIpc) is 3.32. The van der Waals surface area contributed by atoms with E-state index in [2.05, 4.69) is 107 Å². The monoisotopic (exact) mass is 782 g/mol. The Morgan fingerprint density at radius 3 is 1.83 bits per heavy atom. The van der Waals surface area contributed by atoms with Crippen molar-refractivity contribution < 1.29 is 22.8 Å². The number of aromatic amines is 1. The molecule has 1 fully saturated rings. The van der Waals surface area contributed by atoms with E-state index >= 15 is 0 Å². The third-order valence-corrected chi connectivity index (χ3v) is 25.5. The van der Waals surface area contributed by atoms with Crippen molar-refractivity contribution in [3.8, 4) is 11.5 Å². The number of aryl methyl sites for hydroxylation is 1. The van der Waals surface area contributed by atoms with Gasteiger partial charge in [0.15, 0.2) is 31.2 Å². The number of H-pyrrole nitrogens is 1. The van der Waals surface area contributed by atoms with Gasteiger partial charge in [-0.3, -0.25) is 14.3 Å². The Bertz CT molecular complexity index is 1830. The van der Waals surface area contributed by atoms with Gasteiger partial charge in [0.2, 0.25) is 0 Å². The number of nitrogens with one attached hydrogen (secondary N) is 1. The van der Waals surface area contributed by atoms with E-state index in [9.17, 15) is 9.59 Å². The topological polar surface area (TPSA) is 101 Å². The Balaban J connectivity index is 1.79. The third-order valence-electron chi connectivity index (χ3n) is 12.0. The minimum absolute atomic E-state index is 0.00886. The van der Waals surface area contributed by atoms with Crippen LogP contribution in [0.5, 0.6) is 11.5 Å². The zero-order chi connectivity index (χ0) is 39.9. The summed E-state index contributed by atoms with van der Waals surface area (Å²) < 4.78 is 35.9. The highest BCUT2D eigenvalue weighted by molar-refractivity contribution is 6.75. The van der Waals surface area contributed by atoms with Gasteiger partial charge in [-0.1, -0.05) is 92.1 Å². The van der Waals surface area contributed by atoms with Gasteiger partial charge in [0, 0.05) is 18.2 Å². The SMILES string of the molecule is Cc1ccc(Oc2cccc(Cc3cn([C@@H]4O[C@H](CO[Si](C)(C)C(C)(C)C)[C@@H](O[Si](C)(C)C(C)(C)C)[C@H]4O[Si](C)(C)C(C)(C)C)c(=O)[nH]c3=O)c2)cc1. The molecule has 1 N–H and O–H groups in total. The molecule has 1 aliphatic heterocycles. The number of benzene rings is 2. The number of hydrogen-bond donors (Lipinski definition) is 1. The highest BCUT2D eigenvalue weighted by Gasteiger charge is 2.55. The van der Waals surface area contributed by atoms with Gasteiger partial charge in [0.05, 0.1) is 6.61 Å². The Labute approximate surface area is 321 Å².